The van der Waals surface area contributed by atoms with E-state index in [0.29, 0.717) is 24.6 Å². The summed E-state index contributed by atoms with van der Waals surface area (Å²) in [5.74, 6) is 1.25. The van der Waals surface area contributed by atoms with Crippen molar-refractivity contribution in [2.75, 3.05) is 20.8 Å². The molecule has 0 saturated carbocycles. The Kier molecular flexibility index (Phi) is 6.83. The number of fused-ring (bicyclic) bond motifs is 1. The average Bonchev–Trinajstić information content (AvgIpc) is 3.27. The minimum absolute atomic E-state index is 0.0777. The predicted octanol–water partition coefficient (Wildman–Crippen LogP) is 5.12. The first kappa shape index (κ1) is 22.3. The Morgan fingerprint density at radius 3 is 2.45 bits per heavy atom. The van der Waals surface area contributed by atoms with Crippen LogP contribution in [-0.2, 0) is 6.54 Å². The van der Waals surface area contributed by atoms with Crippen molar-refractivity contribution in [3.8, 4) is 11.5 Å². The van der Waals surface area contributed by atoms with Crippen LogP contribution in [0.5, 0.6) is 11.5 Å². The van der Waals surface area contributed by atoms with Gasteiger partial charge in [-0.1, -0.05) is 54.1 Å². The summed E-state index contributed by atoms with van der Waals surface area (Å²) in [6.45, 7) is 2.94. The molecule has 0 aliphatic carbocycles. The van der Waals surface area contributed by atoms with Crippen LogP contribution in [0.1, 0.15) is 28.2 Å². The number of carbonyl (C=O) groups is 1. The first-order valence-electron chi connectivity index (χ1n) is 10.9. The topological polar surface area (TPSA) is 75.4 Å². The van der Waals surface area contributed by atoms with Gasteiger partial charge in [0.25, 0.3) is 0 Å². The van der Waals surface area contributed by atoms with Crippen molar-refractivity contribution in [2.45, 2.75) is 19.4 Å². The molecule has 0 aliphatic heterocycles. The van der Waals surface area contributed by atoms with Crippen molar-refractivity contribution in [3.05, 3.63) is 95.2 Å². The van der Waals surface area contributed by atoms with E-state index in [1.165, 1.54) is 5.56 Å². The molecule has 4 aromatic rings. The van der Waals surface area contributed by atoms with Gasteiger partial charge in [-0.15, -0.1) is 0 Å². The lowest BCUT2D eigenvalue weighted by atomic mass is 9.90. The van der Waals surface area contributed by atoms with E-state index in [2.05, 4.69) is 21.7 Å². The van der Waals surface area contributed by atoms with Gasteiger partial charge in [-0.3, -0.25) is 0 Å². The van der Waals surface area contributed by atoms with Gasteiger partial charge in [0.1, 0.15) is 0 Å². The Bertz CT molecular complexity index is 1230. The highest BCUT2D eigenvalue weighted by Gasteiger charge is 2.21. The SMILES string of the molecule is COc1ccc([C@@H](CNC(=O)NCc2ccc(C)cc2)c2c[nH]c3ccccc23)cc1OC. The Morgan fingerprint density at radius 2 is 1.70 bits per heavy atom. The number of rotatable bonds is 8. The highest BCUT2D eigenvalue weighted by molar-refractivity contribution is 5.84. The summed E-state index contributed by atoms with van der Waals surface area (Å²) in [5, 5.41) is 7.12. The fourth-order valence-corrected chi connectivity index (χ4v) is 4.00. The molecule has 0 bridgehead atoms. The quantitative estimate of drug-likeness (QED) is 0.354. The number of methoxy groups -OCH3 is 2. The number of aryl methyl sites for hydroxylation is 1. The summed E-state index contributed by atoms with van der Waals surface area (Å²) in [4.78, 5) is 15.9. The van der Waals surface area contributed by atoms with Gasteiger partial charge in [0.05, 0.1) is 14.2 Å². The van der Waals surface area contributed by atoms with E-state index in [0.717, 1.165) is 27.6 Å². The Morgan fingerprint density at radius 1 is 0.939 bits per heavy atom. The maximum atomic E-state index is 12.6. The number of urea groups is 1. The van der Waals surface area contributed by atoms with Crippen LogP contribution in [-0.4, -0.2) is 31.8 Å². The third-order valence-corrected chi connectivity index (χ3v) is 5.85. The van der Waals surface area contributed by atoms with Gasteiger partial charge in [-0.2, -0.15) is 0 Å². The van der Waals surface area contributed by atoms with Crippen molar-refractivity contribution in [1.29, 1.82) is 0 Å². The molecule has 1 heterocycles. The molecule has 6 nitrogen and oxygen atoms in total. The number of benzene rings is 3. The van der Waals surface area contributed by atoms with Crippen molar-refractivity contribution < 1.29 is 14.3 Å². The first-order valence-corrected chi connectivity index (χ1v) is 10.9. The van der Waals surface area contributed by atoms with Gasteiger partial charge >= 0.3 is 6.03 Å². The molecule has 0 saturated heterocycles. The van der Waals surface area contributed by atoms with Crippen LogP contribution in [0.15, 0.2) is 72.9 Å². The summed E-state index contributed by atoms with van der Waals surface area (Å²) in [6.07, 6.45) is 2.01. The lowest BCUT2D eigenvalue weighted by Crippen LogP contribution is -2.37. The highest BCUT2D eigenvalue weighted by Crippen LogP contribution is 2.35. The zero-order valence-electron chi connectivity index (χ0n) is 19.1. The van der Waals surface area contributed by atoms with Crippen LogP contribution < -0.4 is 20.1 Å². The number of amides is 2. The lowest BCUT2D eigenvalue weighted by Gasteiger charge is -2.20. The zero-order chi connectivity index (χ0) is 23.2. The Balaban J connectivity index is 1.55. The molecular weight excluding hydrogens is 414 g/mol. The maximum absolute atomic E-state index is 12.6. The molecule has 170 valence electrons. The number of carbonyl (C=O) groups excluding carboxylic acids is 1. The van der Waals surface area contributed by atoms with Crippen LogP contribution in [0.2, 0.25) is 0 Å². The summed E-state index contributed by atoms with van der Waals surface area (Å²) in [6, 6.07) is 22.0. The summed E-state index contributed by atoms with van der Waals surface area (Å²) in [7, 11) is 3.24. The monoisotopic (exact) mass is 443 g/mol. The number of hydrogen-bond acceptors (Lipinski definition) is 3. The molecule has 0 radical (unpaired) electrons. The molecule has 0 fully saturated rings. The molecule has 0 spiro atoms. The van der Waals surface area contributed by atoms with Crippen molar-refractivity contribution in [1.82, 2.24) is 15.6 Å². The fraction of sp³-hybridized carbons (Fsp3) is 0.222. The van der Waals surface area contributed by atoms with Crippen LogP contribution >= 0.6 is 0 Å². The first-order chi connectivity index (χ1) is 16.1. The third kappa shape index (κ3) is 5.12. The molecule has 4 rings (SSSR count). The van der Waals surface area contributed by atoms with Gasteiger partial charge in [0.2, 0.25) is 0 Å². The van der Waals surface area contributed by atoms with Crippen LogP contribution in [0.25, 0.3) is 10.9 Å². The van der Waals surface area contributed by atoms with E-state index in [1.54, 1.807) is 14.2 Å². The van der Waals surface area contributed by atoms with Gasteiger partial charge in [0, 0.05) is 36.1 Å². The molecular formula is C27H29N3O3. The number of aromatic nitrogens is 1. The molecule has 0 unspecified atom stereocenters. The third-order valence-electron chi connectivity index (χ3n) is 5.85. The molecule has 0 aliphatic rings. The predicted molar refractivity (Wildman–Crippen MR) is 131 cm³/mol. The normalized spacial score (nSPS) is 11.7. The van der Waals surface area contributed by atoms with E-state index < -0.39 is 0 Å². The number of aromatic amines is 1. The second kappa shape index (κ2) is 10.1. The van der Waals surface area contributed by atoms with E-state index in [-0.39, 0.29) is 11.9 Å². The number of H-pyrrole nitrogens is 1. The van der Waals surface area contributed by atoms with E-state index in [9.17, 15) is 4.79 Å². The number of ether oxygens (including phenoxy) is 2. The van der Waals surface area contributed by atoms with E-state index in [4.69, 9.17) is 9.47 Å². The largest absolute Gasteiger partial charge is 0.493 e. The van der Waals surface area contributed by atoms with Crippen LogP contribution in [0.3, 0.4) is 0 Å². The van der Waals surface area contributed by atoms with Gasteiger partial charge in [0.15, 0.2) is 11.5 Å². The van der Waals surface area contributed by atoms with Crippen LogP contribution in [0, 0.1) is 6.92 Å². The molecule has 3 aromatic carbocycles. The second-order valence-electron chi connectivity index (χ2n) is 8.01. The van der Waals surface area contributed by atoms with Crippen molar-refractivity contribution in [2.24, 2.45) is 0 Å². The molecule has 2 amide bonds. The summed E-state index contributed by atoms with van der Waals surface area (Å²) in [5.41, 5.74) is 5.44. The van der Waals surface area contributed by atoms with Gasteiger partial charge in [-0.25, -0.2) is 4.79 Å². The van der Waals surface area contributed by atoms with Gasteiger partial charge in [-0.05, 0) is 41.8 Å². The van der Waals surface area contributed by atoms with Crippen molar-refractivity contribution >= 4 is 16.9 Å². The van der Waals surface area contributed by atoms with Crippen LogP contribution in [0.4, 0.5) is 4.79 Å². The smallest absolute Gasteiger partial charge is 0.315 e. The minimum Gasteiger partial charge on any atom is -0.493 e. The molecule has 3 N–H and O–H groups in total. The second-order valence-corrected chi connectivity index (χ2v) is 8.01. The summed E-state index contributed by atoms with van der Waals surface area (Å²) >= 11 is 0. The molecule has 33 heavy (non-hydrogen) atoms. The fourth-order valence-electron chi connectivity index (χ4n) is 4.00. The molecule has 6 heteroatoms. The standard InChI is InChI=1S/C27H29N3O3/c1-18-8-10-19(11-9-18)15-29-27(31)30-16-22(20-12-13-25(32-2)26(14-20)33-3)23-17-28-24-7-5-4-6-21(23)24/h4-14,17,22,28H,15-16H2,1-3H3,(H2,29,30,31)/t22-/m1/s1. The van der Waals surface area contributed by atoms with Gasteiger partial charge < -0.3 is 25.1 Å². The van der Waals surface area contributed by atoms with E-state index in [1.807, 2.05) is 73.8 Å². The zero-order valence-corrected chi connectivity index (χ0v) is 19.1. The Hall–Kier alpha value is -3.93. The lowest BCUT2D eigenvalue weighted by molar-refractivity contribution is 0.240. The molecule has 1 aromatic heterocycles. The number of nitrogens with one attached hydrogen (secondary N) is 3. The number of para-hydroxylation sites is 1. The summed E-state index contributed by atoms with van der Waals surface area (Å²) < 4.78 is 10.9. The van der Waals surface area contributed by atoms with E-state index >= 15 is 0 Å². The number of hydrogen-bond donors (Lipinski definition) is 3. The average molecular weight is 444 g/mol. The Labute approximate surface area is 193 Å². The van der Waals surface area contributed by atoms with Crippen molar-refractivity contribution in [3.63, 3.8) is 0 Å². The maximum Gasteiger partial charge on any atom is 0.315 e. The minimum atomic E-state index is -0.208. The molecule has 1 atom stereocenters. The highest BCUT2D eigenvalue weighted by atomic mass is 16.5.